The summed E-state index contributed by atoms with van der Waals surface area (Å²) in [5, 5.41) is 14.7. The van der Waals surface area contributed by atoms with Gasteiger partial charge in [-0.15, -0.1) is 11.3 Å². The number of likely N-dealkylation sites (N-methyl/N-ethyl adjacent to an activating group) is 1. The minimum absolute atomic E-state index is 0.181. The molecule has 7 heteroatoms. The number of carbonyl (C=O) groups is 1. The van der Waals surface area contributed by atoms with Crippen molar-refractivity contribution in [2.24, 2.45) is 5.73 Å². The van der Waals surface area contributed by atoms with Gasteiger partial charge in [-0.05, 0) is 26.9 Å². The van der Waals surface area contributed by atoms with E-state index >= 15 is 0 Å². The molecule has 0 amide bonds. The van der Waals surface area contributed by atoms with Crippen molar-refractivity contribution >= 4 is 22.4 Å². The molecule has 0 saturated heterocycles. The summed E-state index contributed by atoms with van der Waals surface area (Å²) in [4.78, 5) is 17.4. The smallest absolute Gasteiger partial charge is 0.326 e. The highest BCUT2D eigenvalue weighted by Gasteiger charge is 2.35. The van der Waals surface area contributed by atoms with E-state index in [1.54, 1.807) is 5.38 Å². The minimum Gasteiger partial charge on any atom is -0.480 e. The van der Waals surface area contributed by atoms with Crippen molar-refractivity contribution in [2.45, 2.75) is 37.3 Å². The summed E-state index contributed by atoms with van der Waals surface area (Å²) in [6.45, 7) is 0.829. The third-order valence-electron chi connectivity index (χ3n) is 4.16. The van der Waals surface area contributed by atoms with Crippen LogP contribution in [0.1, 0.15) is 37.4 Å². The number of aliphatic carboxylic acids is 1. The van der Waals surface area contributed by atoms with E-state index in [1.807, 2.05) is 0 Å². The first kappa shape index (κ1) is 15.2. The number of anilines is 1. The van der Waals surface area contributed by atoms with E-state index in [4.69, 9.17) is 10.8 Å². The van der Waals surface area contributed by atoms with Gasteiger partial charge in [-0.1, -0.05) is 12.8 Å². The second-order valence-corrected chi connectivity index (χ2v) is 6.43. The van der Waals surface area contributed by atoms with E-state index < -0.39 is 12.0 Å². The summed E-state index contributed by atoms with van der Waals surface area (Å²) in [6, 6.07) is -1.05. The summed E-state index contributed by atoms with van der Waals surface area (Å²) in [7, 11) is 4.22. The fourth-order valence-electron chi connectivity index (χ4n) is 2.69. The van der Waals surface area contributed by atoms with Gasteiger partial charge in [-0.25, -0.2) is 4.98 Å². The fourth-order valence-corrected chi connectivity index (χ4v) is 3.44. The first-order valence-electron chi connectivity index (χ1n) is 6.80. The van der Waals surface area contributed by atoms with Crippen molar-refractivity contribution < 1.29 is 9.90 Å². The van der Waals surface area contributed by atoms with E-state index in [0.717, 1.165) is 11.7 Å². The minimum atomic E-state index is -1.05. The van der Waals surface area contributed by atoms with E-state index in [1.165, 1.54) is 37.0 Å². The molecule has 1 heterocycles. The third kappa shape index (κ3) is 3.11. The zero-order valence-electron chi connectivity index (χ0n) is 11.9. The van der Waals surface area contributed by atoms with Crippen molar-refractivity contribution in [1.82, 2.24) is 9.88 Å². The van der Waals surface area contributed by atoms with E-state index in [0.29, 0.717) is 5.69 Å². The SMILES string of the molecule is CN(C)C1(CNc2nc(C(N)C(=O)O)cs2)CCCC1. The first-order valence-corrected chi connectivity index (χ1v) is 7.68. The van der Waals surface area contributed by atoms with Crippen LogP contribution in [-0.2, 0) is 4.79 Å². The molecular weight excluding hydrogens is 276 g/mol. The van der Waals surface area contributed by atoms with Gasteiger partial charge in [0.25, 0.3) is 0 Å². The van der Waals surface area contributed by atoms with Gasteiger partial charge in [0.05, 0.1) is 5.69 Å². The molecule has 20 heavy (non-hydrogen) atoms. The topological polar surface area (TPSA) is 91.5 Å². The highest BCUT2D eigenvalue weighted by atomic mass is 32.1. The zero-order valence-corrected chi connectivity index (χ0v) is 12.7. The molecular formula is C13H22N4O2S. The van der Waals surface area contributed by atoms with Crippen LogP contribution in [0, 0.1) is 0 Å². The van der Waals surface area contributed by atoms with Crippen LogP contribution in [0.25, 0.3) is 0 Å². The Hall–Kier alpha value is -1.18. The Morgan fingerprint density at radius 3 is 2.80 bits per heavy atom. The van der Waals surface area contributed by atoms with E-state index in [2.05, 4.69) is 29.3 Å². The van der Waals surface area contributed by atoms with Crippen molar-refractivity contribution in [3.63, 3.8) is 0 Å². The Balaban J connectivity index is 1.99. The maximum absolute atomic E-state index is 10.8. The molecule has 1 aromatic rings. The van der Waals surface area contributed by atoms with Crippen molar-refractivity contribution in [2.75, 3.05) is 26.0 Å². The lowest BCUT2D eigenvalue weighted by Crippen LogP contribution is -2.47. The maximum Gasteiger partial charge on any atom is 0.326 e. The summed E-state index contributed by atoms with van der Waals surface area (Å²) in [5.74, 6) is -1.05. The molecule has 1 aliphatic rings. The van der Waals surface area contributed by atoms with Gasteiger partial charge in [0.2, 0.25) is 0 Å². The number of nitrogens with one attached hydrogen (secondary N) is 1. The number of hydrogen-bond acceptors (Lipinski definition) is 6. The number of carboxylic acid groups (broad SMARTS) is 1. The lowest BCUT2D eigenvalue weighted by molar-refractivity contribution is -0.138. The molecule has 0 aromatic carbocycles. The number of carboxylic acids is 1. The molecule has 1 unspecified atom stereocenters. The molecule has 1 saturated carbocycles. The molecule has 2 rings (SSSR count). The van der Waals surface area contributed by atoms with Crippen molar-refractivity contribution in [3.8, 4) is 0 Å². The van der Waals surface area contributed by atoms with Gasteiger partial charge in [0, 0.05) is 17.5 Å². The van der Waals surface area contributed by atoms with Crippen LogP contribution in [0.2, 0.25) is 0 Å². The Labute approximate surface area is 123 Å². The van der Waals surface area contributed by atoms with Gasteiger partial charge < -0.3 is 21.1 Å². The molecule has 0 aliphatic heterocycles. The van der Waals surface area contributed by atoms with Crippen LogP contribution in [0.4, 0.5) is 5.13 Å². The summed E-state index contributed by atoms with van der Waals surface area (Å²) in [5.41, 5.74) is 6.15. The fraction of sp³-hybridized carbons (Fsp3) is 0.692. The molecule has 0 bridgehead atoms. The van der Waals surface area contributed by atoms with Gasteiger partial charge in [-0.3, -0.25) is 4.79 Å². The normalized spacial score (nSPS) is 19.2. The molecule has 6 nitrogen and oxygen atoms in total. The van der Waals surface area contributed by atoms with Crippen LogP contribution < -0.4 is 11.1 Å². The Morgan fingerprint density at radius 1 is 1.60 bits per heavy atom. The van der Waals surface area contributed by atoms with Gasteiger partial charge in [0.1, 0.15) is 6.04 Å². The monoisotopic (exact) mass is 298 g/mol. The second-order valence-electron chi connectivity index (χ2n) is 5.57. The number of nitrogens with zero attached hydrogens (tertiary/aromatic N) is 2. The molecule has 112 valence electrons. The third-order valence-corrected chi connectivity index (χ3v) is 4.98. The van der Waals surface area contributed by atoms with E-state index in [-0.39, 0.29) is 5.54 Å². The standard InChI is InChI=1S/C13H22N4O2S/c1-17(2)13(5-3-4-6-13)8-15-12-16-9(7-20-12)10(14)11(18)19/h7,10H,3-6,8,14H2,1-2H3,(H,15,16)(H,18,19). The maximum atomic E-state index is 10.8. The number of rotatable bonds is 6. The van der Waals surface area contributed by atoms with Crippen LogP contribution in [-0.4, -0.2) is 47.1 Å². The molecule has 1 fully saturated rings. The van der Waals surface area contributed by atoms with Crippen LogP contribution in [0.5, 0.6) is 0 Å². The highest BCUT2D eigenvalue weighted by Crippen LogP contribution is 2.34. The Bertz CT molecular complexity index is 469. The average molecular weight is 298 g/mol. The molecule has 1 atom stereocenters. The van der Waals surface area contributed by atoms with Crippen LogP contribution in [0.15, 0.2) is 5.38 Å². The zero-order chi connectivity index (χ0) is 14.8. The molecule has 1 aliphatic carbocycles. The summed E-state index contributed by atoms with van der Waals surface area (Å²) >= 11 is 1.40. The summed E-state index contributed by atoms with van der Waals surface area (Å²) in [6.07, 6.45) is 4.87. The van der Waals surface area contributed by atoms with Gasteiger partial charge >= 0.3 is 5.97 Å². The molecule has 1 aromatic heterocycles. The lowest BCUT2D eigenvalue weighted by Gasteiger charge is -2.36. The molecule has 0 radical (unpaired) electrons. The predicted octanol–water partition coefficient (Wildman–Crippen LogP) is 1.51. The Morgan fingerprint density at radius 2 is 2.25 bits per heavy atom. The second kappa shape index (κ2) is 6.07. The predicted molar refractivity (Wildman–Crippen MR) is 80.1 cm³/mol. The summed E-state index contributed by atoms with van der Waals surface area (Å²) < 4.78 is 0. The largest absolute Gasteiger partial charge is 0.480 e. The van der Waals surface area contributed by atoms with Gasteiger partial charge in [-0.2, -0.15) is 0 Å². The lowest BCUT2D eigenvalue weighted by atomic mass is 9.96. The van der Waals surface area contributed by atoms with Crippen LogP contribution in [0.3, 0.4) is 0 Å². The Kier molecular flexibility index (Phi) is 4.62. The number of thiazole rings is 1. The van der Waals surface area contributed by atoms with Gasteiger partial charge in [0.15, 0.2) is 5.13 Å². The van der Waals surface area contributed by atoms with E-state index in [9.17, 15) is 4.79 Å². The van der Waals surface area contributed by atoms with Crippen LogP contribution >= 0.6 is 11.3 Å². The average Bonchev–Trinajstić information content (AvgIpc) is 3.05. The highest BCUT2D eigenvalue weighted by molar-refractivity contribution is 7.13. The quantitative estimate of drug-likeness (QED) is 0.737. The van der Waals surface area contributed by atoms with Crippen molar-refractivity contribution in [1.29, 1.82) is 0 Å². The molecule has 4 N–H and O–H groups in total. The number of hydrogen-bond donors (Lipinski definition) is 3. The van der Waals surface area contributed by atoms with Crippen molar-refractivity contribution in [3.05, 3.63) is 11.1 Å². The number of aromatic nitrogens is 1. The first-order chi connectivity index (χ1) is 9.44. The number of nitrogens with two attached hydrogens (primary N) is 1. The molecule has 0 spiro atoms.